The molecular formula is C22H25NO2. The maximum atomic E-state index is 12.4. The summed E-state index contributed by atoms with van der Waals surface area (Å²) in [6.07, 6.45) is 7.27. The number of nitrogens with zero attached hydrogens (tertiary/aromatic N) is 1. The van der Waals surface area contributed by atoms with Crippen molar-refractivity contribution < 1.29 is 9.53 Å². The molecule has 25 heavy (non-hydrogen) atoms. The third kappa shape index (κ3) is 4.50. The number of carbonyl (C=O) groups is 1. The van der Waals surface area contributed by atoms with Gasteiger partial charge in [0.15, 0.2) is 5.78 Å². The van der Waals surface area contributed by atoms with Gasteiger partial charge < -0.3 is 9.64 Å². The van der Waals surface area contributed by atoms with Gasteiger partial charge in [-0.15, -0.1) is 0 Å². The summed E-state index contributed by atoms with van der Waals surface area (Å²) in [5, 5.41) is 0. The molecule has 130 valence electrons. The second-order valence-electron chi connectivity index (χ2n) is 6.26. The molecule has 0 aliphatic carbocycles. The van der Waals surface area contributed by atoms with E-state index in [0.29, 0.717) is 12.2 Å². The van der Waals surface area contributed by atoms with Crippen LogP contribution in [-0.2, 0) is 0 Å². The van der Waals surface area contributed by atoms with Gasteiger partial charge in [-0.1, -0.05) is 18.2 Å². The van der Waals surface area contributed by atoms with Crippen LogP contribution in [0.15, 0.2) is 54.6 Å². The average molecular weight is 335 g/mol. The topological polar surface area (TPSA) is 29.5 Å². The van der Waals surface area contributed by atoms with Crippen LogP contribution in [0.2, 0.25) is 0 Å². The first kappa shape index (κ1) is 17.3. The minimum atomic E-state index is 0.0106. The molecule has 0 unspecified atom stereocenters. The smallest absolute Gasteiger partial charge is 0.185 e. The predicted molar refractivity (Wildman–Crippen MR) is 103 cm³/mol. The Morgan fingerprint density at radius 1 is 1.04 bits per heavy atom. The van der Waals surface area contributed by atoms with Crippen LogP contribution in [0.4, 0.5) is 5.69 Å². The van der Waals surface area contributed by atoms with Crippen LogP contribution >= 0.6 is 0 Å². The minimum absolute atomic E-state index is 0.0106. The molecule has 1 heterocycles. The normalized spacial score (nSPS) is 14.7. The number of hydrogen-bond donors (Lipinski definition) is 0. The van der Waals surface area contributed by atoms with Crippen molar-refractivity contribution in [3.8, 4) is 5.75 Å². The van der Waals surface area contributed by atoms with E-state index in [9.17, 15) is 4.79 Å². The highest BCUT2D eigenvalue weighted by molar-refractivity contribution is 6.07. The summed E-state index contributed by atoms with van der Waals surface area (Å²) >= 11 is 0. The fourth-order valence-electron chi connectivity index (χ4n) is 3.16. The summed E-state index contributed by atoms with van der Waals surface area (Å²) in [4.78, 5) is 14.8. The molecule has 3 rings (SSSR count). The molecular weight excluding hydrogens is 310 g/mol. The van der Waals surface area contributed by atoms with Gasteiger partial charge in [-0.2, -0.15) is 0 Å². The maximum absolute atomic E-state index is 12.4. The third-order valence-corrected chi connectivity index (χ3v) is 4.51. The van der Waals surface area contributed by atoms with Gasteiger partial charge in [0.05, 0.1) is 6.61 Å². The Hall–Kier alpha value is -2.55. The second-order valence-corrected chi connectivity index (χ2v) is 6.26. The highest BCUT2D eigenvalue weighted by Gasteiger charge is 2.11. The Morgan fingerprint density at radius 3 is 2.48 bits per heavy atom. The zero-order chi connectivity index (χ0) is 17.5. The third-order valence-electron chi connectivity index (χ3n) is 4.51. The van der Waals surface area contributed by atoms with Gasteiger partial charge in [-0.05, 0) is 68.7 Å². The molecule has 0 spiro atoms. The maximum Gasteiger partial charge on any atom is 0.185 e. The van der Waals surface area contributed by atoms with Gasteiger partial charge in [0.1, 0.15) is 5.75 Å². The lowest BCUT2D eigenvalue weighted by atomic mass is 10.1. The molecule has 2 aromatic rings. The molecule has 1 fully saturated rings. The largest absolute Gasteiger partial charge is 0.493 e. The number of allylic oxidation sites excluding steroid dienone is 1. The fraction of sp³-hybridized carbons (Fsp3) is 0.318. The number of para-hydroxylation sites is 1. The van der Waals surface area contributed by atoms with Crippen molar-refractivity contribution in [1.29, 1.82) is 0 Å². The van der Waals surface area contributed by atoms with Gasteiger partial charge in [-0.25, -0.2) is 0 Å². The van der Waals surface area contributed by atoms with E-state index in [0.717, 1.165) is 24.4 Å². The molecule has 0 bridgehead atoms. The Bertz CT molecular complexity index is 728. The van der Waals surface area contributed by atoms with Crippen LogP contribution in [0.1, 0.15) is 42.1 Å². The van der Waals surface area contributed by atoms with Crippen LogP contribution < -0.4 is 9.64 Å². The Labute approximate surface area is 149 Å². The molecule has 0 amide bonds. The monoisotopic (exact) mass is 335 g/mol. The summed E-state index contributed by atoms with van der Waals surface area (Å²) in [6, 6.07) is 15.7. The zero-order valence-corrected chi connectivity index (χ0v) is 14.8. The lowest BCUT2D eigenvalue weighted by Gasteiger charge is -2.28. The molecule has 3 nitrogen and oxygen atoms in total. The minimum Gasteiger partial charge on any atom is -0.493 e. The number of ether oxygens (including phenoxy) is 1. The quantitative estimate of drug-likeness (QED) is 0.551. The molecule has 0 saturated carbocycles. The number of anilines is 1. The van der Waals surface area contributed by atoms with Crippen LogP contribution in [0.25, 0.3) is 6.08 Å². The molecule has 0 radical (unpaired) electrons. The first-order chi connectivity index (χ1) is 12.3. The van der Waals surface area contributed by atoms with E-state index < -0.39 is 0 Å². The Balaban J connectivity index is 1.69. The first-order valence-electron chi connectivity index (χ1n) is 9.07. The van der Waals surface area contributed by atoms with Crippen molar-refractivity contribution in [2.45, 2.75) is 26.2 Å². The SMILES string of the molecule is CCOc1ccccc1/C=C/C(=O)c1ccc(N2CCCCC2)cc1. The summed E-state index contributed by atoms with van der Waals surface area (Å²) < 4.78 is 5.59. The van der Waals surface area contributed by atoms with Gasteiger partial charge in [0.2, 0.25) is 0 Å². The number of hydrogen-bond acceptors (Lipinski definition) is 3. The number of piperidine rings is 1. The van der Waals surface area contributed by atoms with Crippen molar-refractivity contribution in [1.82, 2.24) is 0 Å². The highest BCUT2D eigenvalue weighted by Crippen LogP contribution is 2.22. The van der Waals surface area contributed by atoms with E-state index in [-0.39, 0.29) is 5.78 Å². The first-order valence-corrected chi connectivity index (χ1v) is 9.07. The Morgan fingerprint density at radius 2 is 1.76 bits per heavy atom. The van der Waals surface area contributed by atoms with Crippen LogP contribution in [-0.4, -0.2) is 25.5 Å². The van der Waals surface area contributed by atoms with E-state index in [1.54, 1.807) is 6.08 Å². The van der Waals surface area contributed by atoms with Crippen molar-refractivity contribution in [3.05, 3.63) is 65.7 Å². The molecule has 0 atom stereocenters. The molecule has 1 saturated heterocycles. The molecule has 1 aliphatic heterocycles. The van der Waals surface area contributed by atoms with Gasteiger partial charge in [-0.3, -0.25) is 4.79 Å². The summed E-state index contributed by atoms with van der Waals surface area (Å²) in [7, 11) is 0. The lowest BCUT2D eigenvalue weighted by Crippen LogP contribution is -2.29. The van der Waals surface area contributed by atoms with Crippen molar-refractivity contribution in [2.24, 2.45) is 0 Å². The summed E-state index contributed by atoms with van der Waals surface area (Å²) in [6.45, 7) is 4.79. The second kappa shape index (κ2) is 8.52. The van der Waals surface area contributed by atoms with Crippen molar-refractivity contribution in [2.75, 3.05) is 24.6 Å². The highest BCUT2D eigenvalue weighted by atomic mass is 16.5. The van der Waals surface area contributed by atoms with E-state index in [2.05, 4.69) is 17.0 Å². The zero-order valence-electron chi connectivity index (χ0n) is 14.8. The van der Waals surface area contributed by atoms with Crippen LogP contribution in [0.3, 0.4) is 0 Å². The van der Waals surface area contributed by atoms with Gasteiger partial charge in [0.25, 0.3) is 0 Å². The van der Waals surface area contributed by atoms with Crippen LogP contribution in [0.5, 0.6) is 5.75 Å². The van der Waals surface area contributed by atoms with E-state index in [1.807, 2.05) is 49.4 Å². The molecule has 0 aromatic heterocycles. The van der Waals surface area contributed by atoms with Crippen molar-refractivity contribution >= 4 is 17.5 Å². The molecule has 2 aromatic carbocycles. The average Bonchev–Trinajstić information content (AvgIpc) is 2.68. The van der Waals surface area contributed by atoms with Crippen LogP contribution in [0, 0.1) is 0 Å². The van der Waals surface area contributed by atoms with Gasteiger partial charge in [0, 0.05) is 29.9 Å². The van der Waals surface area contributed by atoms with E-state index in [1.165, 1.54) is 24.9 Å². The van der Waals surface area contributed by atoms with Gasteiger partial charge >= 0.3 is 0 Å². The number of ketones is 1. The summed E-state index contributed by atoms with van der Waals surface area (Å²) in [5.74, 6) is 0.811. The van der Waals surface area contributed by atoms with E-state index >= 15 is 0 Å². The van der Waals surface area contributed by atoms with E-state index in [4.69, 9.17) is 4.74 Å². The molecule has 1 aliphatic rings. The molecule has 3 heteroatoms. The predicted octanol–water partition coefficient (Wildman–Crippen LogP) is 4.97. The number of benzene rings is 2. The molecule has 0 N–H and O–H groups in total. The number of carbonyl (C=O) groups excluding carboxylic acids is 1. The standard InChI is InChI=1S/C22H25NO2/c1-2-25-22-9-5-4-8-19(22)12-15-21(24)18-10-13-20(14-11-18)23-16-6-3-7-17-23/h4-5,8-15H,2-3,6-7,16-17H2,1H3/b15-12+. The number of rotatable bonds is 6. The summed E-state index contributed by atoms with van der Waals surface area (Å²) in [5.41, 5.74) is 2.84. The lowest BCUT2D eigenvalue weighted by molar-refractivity contribution is 0.104. The van der Waals surface area contributed by atoms with Crippen molar-refractivity contribution in [3.63, 3.8) is 0 Å². The Kier molecular flexibility index (Phi) is 5.89. The fourth-order valence-corrected chi connectivity index (χ4v) is 3.16.